The Morgan fingerprint density at radius 3 is 2.71 bits per heavy atom. The van der Waals surface area contributed by atoms with E-state index in [4.69, 9.17) is 18.0 Å². The average molecular weight is 255 g/mol. The van der Waals surface area contributed by atoms with Gasteiger partial charge in [0.2, 0.25) is 0 Å². The second kappa shape index (κ2) is 6.15. The van der Waals surface area contributed by atoms with Gasteiger partial charge in [0.05, 0.1) is 0 Å². The molecule has 1 aromatic rings. The van der Waals surface area contributed by atoms with E-state index in [0.717, 1.165) is 0 Å². The number of thiocarbonyl (C=S) groups is 1. The number of nitrogens with two attached hydrogens (primary N) is 1. The minimum absolute atomic E-state index is 0.120. The number of carbonyl (C=O) groups is 1. The maximum Gasteiger partial charge on any atom is 0.315 e. The van der Waals surface area contributed by atoms with Crippen LogP contribution in [0.2, 0.25) is 0 Å². The van der Waals surface area contributed by atoms with Crippen LogP contribution in [-0.4, -0.2) is 17.6 Å². The number of benzene rings is 1. The van der Waals surface area contributed by atoms with Crippen LogP contribution in [0.25, 0.3) is 0 Å². The van der Waals surface area contributed by atoms with Crippen molar-refractivity contribution in [3.05, 3.63) is 35.1 Å². The van der Waals surface area contributed by atoms with Crippen LogP contribution in [0, 0.1) is 5.82 Å². The fourth-order valence-corrected chi connectivity index (χ4v) is 1.37. The highest BCUT2D eigenvalue weighted by Crippen LogP contribution is 2.10. The molecule has 0 aliphatic carbocycles. The molecule has 0 atom stereocenters. The molecular weight excluding hydrogens is 241 g/mol. The van der Waals surface area contributed by atoms with Crippen molar-refractivity contribution in [2.45, 2.75) is 13.5 Å². The van der Waals surface area contributed by atoms with Gasteiger partial charge in [-0.15, -0.1) is 0 Å². The molecule has 0 heterocycles. The molecule has 0 aromatic heterocycles. The molecule has 0 saturated heterocycles. The summed E-state index contributed by atoms with van der Waals surface area (Å²) in [4.78, 5) is 11.3. The van der Waals surface area contributed by atoms with Gasteiger partial charge in [0.15, 0.2) is 0 Å². The Labute approximate surface area is 104 Å². The normalized spacial score (nSPS) is 9.76. The third kappa shape index (κ3) is 3.99. The van der Waals surface area contributed by atoms with Gasteiger partial charge in [0.1, 0.15) is 10.8 Å². The van der Waals surface area contributed by atoms with E-state index in [1.54, 1.807) is 19.1 Å². The number of hydrogen-bond acceptors (Lipinski definition) is 2. The van der Waals surface area contributed by atoms with Gasteiger partial charge in [0, 0.05) is 24.2 Å². The standard InChI is InChI=1S/C11H14FN3OS/c1-2-14-11(16)15-6-8-4-3-7(10(13)17)5-9(8)12/h3-5H,2,6H2,1H3,(H2,13,17)(H2,14,15,16). The summed E-state index contributed by atoms with van der Waals surface area (Å²) in [6, 6.07) is 4.11. The Hall–Kier alpha value is -1.69. The molecule has 4 nitrogen and oxygen atoms in total. The van der Waals surface area contributed by atoms with Crippen molar-refractivity contribution in [2.75, 3.05) is 6.54 Å². The van der Waals surface area contributed by atoms with Gasteiger partial charge in [-0.2, -0.15) is 0 Å². The molecule has 0 radical (unpaired) electrons. The fraction of sp³-hybridized carbons (Fsp3) is 0.273. The molecule has 0 unspecified atom stereocenters. The van der Waals surface area contributed by atoms with Crippen LogP contribution in [0.4, 0.5) is 9.18 Å². The summed E-state index contributed by atoms with van der Waals surface area (Å²) < 4.78 is 13.6. The first kappa shape index (κ1) is 13.4. The van der Waals surface area contributed by atoms with Crippen molar-refractivity contribution in [1.82, 2.24) is 10.6 Å². The van der Waals surface area contributed by atoms with Gasteiger partial charge in [0.25, 0.3) is 0 Å². The molecule has 0 bridgehead atoms. The first-order valence-corrected chi connectivity index (χ1v) is 5.55. The van der Waals surface area contributed by atoms with Gasteiger partial charge >= 0.3 is 6.03 Å². The molecular formula is C11H14FN3OS. The summed E-state index contributed by atoms with van der Waals surface area (Å²) in [5.41, 5.74) is 6.24. The third-order valence-electron chi connectivity index (χ3n) is 2.11. The van der Waals surface area contributed by atoms with Crippen molar-refractivity contribution in [2.24, 2.45) is 5.73 Å². The lowest BCUT2D eigenvalue weighted by atomic mass is 10.1. The van der Waals surface area contributed by atoms with E-state index in [-0.39, 0.29) is 17.6 Å². The van der Waals surface area contributed by atoms with E-state index in [2.05, 4.69) is 10.6 Å². The summed E-state index contributed by atoms with van der Waals surface area (Å²) in [6.07, 6.45) is 0. The van der Waals surface area contributed by atoms with Gasteiger partial charge in [-0.3, -0.25) is 0 Å². The van der Waals surface area contributed by atoms with E-state index in [1.807, 2.05) is 0 Å². The minimum atomic E-state index is -0.438. The lowest BCUT2D eigenvalue weighted by molar-refractivity contribution is 0.241. The molecule has 0 saturated carbocycles. The monoisotopic (exact) mass is 255 g/mol. The zero-order valence-electron chi connectivity index (χ0n) is 9.42. The molecule has 17 heavy (non-hydrogen) atoms. The van der Waals surface area contributed by atoms with E-state index in [9.17, 15) is 9.18 Å². The van der Waals surface area contributed by atoms with Crippen LogP contribution in [0.5, 0.6) is 0 Å². The number of rotatable bonds is 4. The molecule has 0 spiro atoms. The molecule has 0 aliphatic heterocycles. The van der Waals surface area contributed by atoms with E-state index < -0.39 is 5.82 Å². The third-order valence-corrected chi connectivity index (χ3v) is 2.35. The van der Waals surface area contributed by atoms with E-state index >= 15 is 0 Å². The van der Waals surface area contributed by atoms with Gasteiger partial charge in [-0.1, -0.05) is 24.4 Å². The maximum atomic E-state index is 13.6. The van der Waals surface area contributed by atoms with Crippen LogP contribution in [0.1, 0.15) is 18.1 Å². The predicted octanol–water partition coefficient (Wildman–Crippen LogP) is 1.28. The summed E-state index contributed by atoms with van der Waals surface area (Å²) in [7, 11) is 0. The first-order valence-electron chi connectivity index (χ1n) is 5.14. The van der Waals surface area contributed by atoms with Crippen LogP contribution >= 0.6 is 12.2 Å². The van der Waals surface area contributed by atoms with Crippen molar-refractivity contribution in [3.8, 4) is 0 Å². The van der Waals surface area contributed by atoms with Crippen molar-refractivity contribution in [3.63, 3.8) is 0 Å². The Bertz CT molecular complexity index is 437. The quantitative estimate of drug-likeness (QED) is 0.710. The van der Waals surface area contributed by atoms with Gasteiger partial charge < -0.3 is 16.4 Å². The topological polar surface area (TPSA) is 67.2 Å². The van der Waals surface area contributed by atoms with Gasteiger partial charge in [-0.05, 0) is 13.0 Å². The molecule has 1 rings (SSSR count). The lowest BCUT2D eigenvalue weighted by Gasteiger charge is -2.07. The van der Waals surface area contributed by atoms with E-state index in [0.29, 0.717) is 17.7 Å². The number of amides is 2. The van der Waals surface area contributed by atoms with E-state index in [1.165, 1.54) is 6.07 Å². The highest BCUT2D eigenvalue weighted by molar-refractivity contribution is 7.80. The average Bonchev–Trinajstić information content (AvgIpc) is 2.27. The predicted molar refractivity (Wildman–Crippen MR) is 68.2 cm³/mol. The zero-order chi connectivity index (χ0) is 12.8. The second-order valence-electron chi connectivity index (χ2n) is 3.38. The largest absolute Gasteiger partial charge is 0.389 e. The van der Waals surface area contributed by atoms with Gasteiger partial charge in [-0.25, -0.2) is 9.18 Å². The minimum Gasteiger partial charge on any atom is -0.389 e. The Morgan fingerprint density at radius 2 is 2.18 bits per heavy atom. The fourth-order valence-electron chi connectivity index (χ4n) is 1.24. The lowest BCUT2D eigenvalue weighted by Crippen LogP contribution is -2.34. The summed E-state index contributed by atoms with van der Waals surface area (Å²) >= 11 is 4.74. The molecule has 92 valence electrons. The molecule has 0 aliphatic rings. The number of urea groups is 1. The summed E-state index contributed by atoms with van der Waals surface area (Å²) in [5, 5.41) is 5.09. The first-order chi connectivity index (χ1) is 8.04. The maximum absolute atomic E-state index is 13.6. The zero-order valence-corrected chi connectivity index (χ0v) is 10.2. The molecule has 4 N–H and O–H groups in total. The number of nitrogens with one attached hydrogen (secondary N) is 2. The second-order valence-corrected chi connectivity index (χ2v) is 3.82. The van der Waals surface area contributed by atoms with Crippen molar-refractivity contribution >= 4 is 23.2 Å². The molecule has 6 heteroatoms. The van der Waals surface area contributed by atoms with Crippen LogP contribution in [0.3, 0.4) is 0 Å². The SMILES string of the molecule is CCNC(=O)NCc1ccc(C(N)=S)cc1F. The van der Waals surface area contributed by atoms with Crippen LogP contribution in [0.15, 0.2) is 18.2 Å². The van der Waals surface area contributed by atoms with Crippen molar-refractivity contribution in [1.29, 1.82) is 0 Å². The number of carbonyl (C=O) groups excluding carboxylic acids is 1. The summed E-state index contributed by atoms with van der Waals surface area (Å²) in [5.74, 6) is -0.438. The van der Waals surface area contributed by atoms with Crippen molar-refractivity contribution < 1.29 is 9.18 Å². The smallest absolute Gasteiger partial charge is 0.315 e. The Balaban J connectivity index is 2.66. The number of hydrogen-bond donors (Lipinski definition) is 3. The highest BCUT2D eigenvalue weighted by Gasteiger charge is 2.06. The highest BCUT2D eigenvalue weighted by atomic mass is 32.1. The molecule has 2 amide bonds. The molecule has 0 fully saturated rings. The van der Waals surface area contributed by atoms with Crippen LogP contribution in [-0.2, 0) is 6.54 Å². The Kier molecular flexibility index (Phi) is 4.84. The summed E-state index contributed by atoms with van der Waals surface area (Å²) in [6.45, 7) is 2.45. The Morgan fingerprint density at radius 1 is 1.47 bits per heavy atom. The van der Waals surface area contributed by atoms with Crippen LogP contribution < -0.4 is 16.4 Å². The number of halogens is 1. The molecule has 1 aromatic carbocycles.